The molecule has 2 N–H and O–H groups in total. The minimum absolute atomic E-state index is 0.370. The number of nitrogens with zero attached hydrogens (tertiary/aromatic N) is 3. The molecule has 35 heavy (non-hydrogen) atoms. The Morgan fingerprint density at radius 3 is 2.17 bits per heavy atom. The molecule has 5 rings (SSSR count). The average molecular weight is 592 g/mol. The third-order valence-electron chi connectivity index (χ3n) is 5.39. The first-order chi connectivity index (χ1) is 16.7. The zero-order chi connectivity index (χ0) is 24.7. The molecule has 11 heteroatoms. The highest BCUT2D eigenvalue weighted by Gasteiger charge is 2.28. The van der Waals surface area contributed by atoms with Gasteiger partial charge in [0.05, 0.1) is 27.6 Å². The van der Waals surface area contributed by atoms with Gasteiger partial charge in [0.1, 0.15) is 5.82 Å². The van der Waals surface area contributed by atoms with Crippen molar-refractivity contribution in [2.75, 3.05) is 4.31 Å². The SMILES string of the molecule is O=S1(=O)NC(O)=CN1c1ccc(-n2cc(-c3c(Cl)cccc3Cl)nc2Cc2ccc(Br)cc2)cc1. The maximum absolute atomic E-state index is 12.2. The van der Waals surface area contributed by atoms with Crippen LogP contribution in [-0.2, 0) is 16.6 Å². The van der Waals surface area contributed by atoms with Gasteiger partial charge in [-0.05, 0) is 54.1 Å². The summed E-state index contributed by atoms with van der Waals surface area (Å²) in [7, 11) is -3.87. The molecule has 0 fully saturated rings. The van der Waals surface area contributed by atoms with E-state index >= 15 is 0 Å². The highest BCUT2D eigenvalue weighted by Crippen LogP contribution is 2.35. The van der Waals surface area contributed by atoms with Crippen LogP contribution in [0.3, 0.4) is 0 Å². The van der Waals surface area contributed by atoms with E-state index in [1.54, 1.807) is 42.5 Å². The molecule has 0 saturated carbocycles. The van der Waals surface area contributed by atoms with Crippen LogP contribution in [0.1, 0.15) is 11.4 Å². The smallest absolute Gasteiger partial charge is 0.330 e. The fourth-order valence-corrected chi connectivity index (χ4v) is 5.68. The number of nitrogens with one attached hydrogen (secondary N) is 1. The van der Waals surface area contributed by atoms with Crippen LogP contribution < -0.4 is 9.03 Å². The monoisotopic (exact) mass is 590 g/mol. The zero-order valence-corrected chi connectivity index (χ0v) is 21.8. The Morgan fingerprint density at radius 1 is 0.943 bits per heavy atom. The van der Waals surface area contributed by atoms with E-state index in [2.05, 4.69) is 15.9 Å². The number of anilines is 1. The highest BCUT2D eigenvalue weighted by atomic mass is 79.9. The molecule has 0 radical (unpaired) electrons. The Balaban J connectivity index is 1.58. The van der Waals surface area contributed by atoms with Gasteiger partial charge in [0.25, 0.3) is 0 Å². The summed E-state index contributed by atoms with van der Waals surface area (Å²) in [6, 6.07) is 20.1. The van der Waals surface area contributed by atoms with Gasteiger partial charge < -0.3 is 9.67 Å². The highest BCUT2D eigenvalue weighted by molar-refractivity contribution is 9.10. The third-order valence-corrected chi connectivity index (χ3v) is 7.85. The van der Waals surface area contributed by atoms with E-state index in [9.17, 15) is 13.5 Å². The number of aliphatic hydroxyl groups is 1. The molecule has 3 aromatic carbocycles. The standard InChI is InChI=1S/C24H17BrCl2N4O3S/c25-16-6-4-15(5-7-16)12-22-28-21(24-19(26)2-1-3-20(24)27)13-30(22)17-8-10-18(11-9-17)31-14-23(32)29-35(31,33)34/h1-11,13-14,29,32H,12H2. The fraction of sp³-hybridized carbons (Fsp3) is 0.0417. The molecule has 0 unspecified atom stereocenters. The Hall–Kier alpha value is -2.98. The largest absolute Gasteiger partial charge is 0.493 e. The van der Waals surface area contributed by atoms with Gasteiger partial charge in [0, 0.05) is 28.3 Å². The van der Waals surface area contributed by atoms with E-state index in [-0.39, 0.29) is 0 Å². The molecule has 178 valence electrons. The summed E-state index contributed by atoms with van der Waals surface area (Å²) in [6.45, 7) is 0. The lowest BCUT2D eigenvalue weighted by molar-refractivity contribution is 0.392. The van der Waals surface area contributed by atoms with Crippen LogP contribution in [0.15, 0.2) is 89.5 Å². The molecule has 2 heterocycles. The van der Waals surface area contributed by atoms with Gasteiger partial charge in [-0.1, -0.05) is 57.3 Å². The number of hydrogen-bond acceptors (Lipinski definition) is 4. The van der Waals surface area contributed by atoms with Crippen LogP contribution in [0.2, 0.25) is 10.0 Å². The van der Waals surface area contributed by atoms with Crippen LogP contribution in [0, 0.1) is 0 Å². The molecule has 1 aliphatic rings. The average Bonchev–Trinajstić information content (AvgIpc) is 3.34. The summed E-state index contributed by atoms with van der Waals surface area (Å²) < 4.78 is 30.3. The maximum Gasteiger partial charge on any atom is 0.330 e. The zero-order valence-electron chi connectivity index (χ0n) is 17.9. The van der Waals surface area contributed by atoms with Crippen molar-refractivity contribution in [1.29, 1.82) is 0 Å². The van der Waals surface area contributed by atoms with E-state index < -0.39 is 16.1 Å². The van der Waals surface area contributed by atoms with Gasteiger partial charge >= 0.3 is 10.2 Å². The third kappa shape index (κ3) is 4.77. The summed E-state index contributed by atoms with van der Waals surface area (Å²) in [4.78, 5) is 4.85. The number of hydrogen-bond donors (Lipinski definition) is 2. The van der Waals surface area contributed by atoms with Crippen molar-refractivity contribution in [1.82, 2.24) is 14.3 Å². The van der Waals surface area contributed by atoms with Crippen molar-refractivity contribution in [3.63, 3.8) is 0 Å². The molecule has 0 spiro atoms. The summed E-state index contributed by atoms with van der Waals surface area (Å²) in [5.74, 6) is 0.306. The predicted octanol–water partition coefficient (Wildman–Crippen LogP) is 6.21. The van der Waals surface area contributed by atoms with Gasteiger partial charge in [-0.2, -0.15) is 8.42 Å². The predicted molar refractivity (Wildman–Crippen MR) is 141 cm³/mol. The maximum atomic E-state index is 12.2. The molecule has 0 saturated heterocycles. The molecule has 1 aromatic heterocycles. The van der Waals surface area contributed by atoms with Crippen LogP contribution in [0.5, 0.6) is 0 Å². The number of rotatable bonds is 5. The second kappa shape index (κ2) is 9.23. The Bertz CT molecular complexity index is 1530. The van der Waals surface area contributed by atoms with Gasteiger partial charge in [-0.15, -0.1) is 0 Å². The van der Waals surface area contributed by atoms with Crippen molar-refractivity contribution in [3.05, 3.63) is 111 Å². The van der Waals surface area contributed by atoms with Crippen molar-refractivity contribution >= 4 is 55.0 Å². The quantitative estimate of drug-likeness (QED) is 0.289. The summed E-state index contributed by atoms with van der Waals surface area (Å²) in [6.07, 6.45) is 3.51. The van der Waals surface area contributed by atoms with Crippen LogP contribution in [0.4, 0.5) is 5.69 Å². The molecule has 1 aliphatic heterocycles. The molecular weight excluding hydrogens is 575 g/mol. The number of benzene rings is 3. The Kier molecular flexibility index (Phi) is 6.27. The van der Waals surface area contributed by atoms with E-state index in [0.29, 0.717) is 33.4 Å². The van der Waals surface area contributed by atoms with E-state index in [4.69, 9.17) is 28.2 Å². The van der Waals surface area contributed by atoms with Crippen LogP contribution in [-0.4, -0.2) is 23.1 Å². The molecule has 0 bridgehead atoms. The summed E-state index contributed by atoms with van der Waals surface area (Å²) in [5.41, 5.74) is 3.45. The number of aromatic nitrogens is 2. The fourth-order valence-electron chi connectivity index (χ4n) is 3.78. The van der Waals surface area contributed by atoms with E-state index in [0.717, 1.165) is 32.1 Å². The first-order valence-electron chi connectivity index (χ1n) is 10.3. The minimum Gasteiger partial charge on any atom is -0.493 e. The lowest BCUT2D eigenvalue weighted by atomic mass is 10.1. The molecular formula is C24H17BrCl2N4O3S. The molecule has 4 aromatic rings. The van der Waals surface area contributed by atoms with Crippen molar-refractivity contribution in [2.45, 2.75) is 6.42 Å². The molecule has 0 atom stereocenters. The number of imidazole rings is 1. The van der Waals surface area contributed by atoms with Crippen molar-refractivity contribution in [2.24, 2.45) is 0 Å². The summed E-state index contributed by atoms with van der Waals surface area (Å²) >= 11 is 16.4. The summed E-state index contributed by atoms with van der Waals surface area (Å²) in [5, 5.41) is 10.6. The lowest BCUT2D eigenvalue weighted by Gasteiger charge is -2.15. The van der Waals surface area contributed by atoms with Gasteiger partial charge in [0.2, 0.25) is 5.88 Å². The second-order valence-corrected chi connectivity index (χ2v) is 11.0. The molecule has 7 nitrogen and oxygen atoms in total. The molecule has 0 aliphatic carbocycles. The van der Waals surface area contributed by atoms with Crippen molar-refractivity contribution < 1.29 is 13.5 Å². The topological polar surface area (TPSA) is 87.5 Å². The van der Waals surface area contributed by atoms with Gasteiger partial charge in [-0.25, -0.2) is 14.0 Å². The number of aliphatic hydroxyl groups excluding tert-OH is 1. The van der Waals surface area contributed by atoms with E-state index in [1.165, 1.54) is 0 Å². The van der Waals surface area contributed by atoms with Gasteiger partial charge in [-0.3, -0.25) is 0 Å². The molecule has 0 amide bonds. The second-order valence-electron chi connectivity index (χ2n) is 7.75. The van der Waals surface area contributed by atoms with Crippen LogP contribution >= 0.6 is 39.1 Å². The van der Waals surface area contributed by atoms with Crippen LogP contribution in [0.25, 0.3) is 16.9 Å². The Labute approximate surface area is 220 Å². The normalized spacial score (nSPS) is 14.6. The Morgan fingerprint density at radius 2 is 1.57 bits per heavy atom. The lowest BCUT2D eigenvalue weighted by Crippen LogP contribution is -2.29. The number of halogens is 3. The minimum atomic E-state index is -3.87. The van der Waals surface area contributed by atoms with Crippen molar-refractivity contribution in [3.8, 4) is 16.9 Å². The first kappa shape index (κ1) is 23.7. The first-order valence-corrected chi connectivity index (χ1v) is 13.3. The van der Waals surface area contributed by atoms with E-state index in [1.807, 2.05) is 39.8 Å². The van der Waals surface area contributed by atoms with Gasteiger partial charge in [0.15, 0.2) is 0 Å².